The van der Waals surface area contributed by atoms with E-state index in [2.05, 4.69) is 54.6 Å². The lowest BCUT2D eigenvalue weighted by atomic mass is 10.0. The molecule has 5 aromatic rings. The summed E-state index contributed by atoms with van der Waals surface area (Å²) in [7, 11) is 0. The van der Waals surface area contributed by atoms with E-state index in [1.807, 2.05) is 78.9 Å². The van der Waals surface area contributed by atoms with Crippen molar-refractivity contribution in [1.82, 2.24) is 0 Å². The van der Waals surface area contributed by atoms with Crippen LogP contribution in [0.4, 0.5) is 0 Å². The minimum Gasteiger partial charge on any atom is -0.464 e. The summed E-state index contributed by atoms with van der Waals surface area (Å²) in [5.74, 6) is 0.785. The Labute approximate surface area is 247 Å². The van der Waals surface area contributed by atoms with E-state index in [1.54, 1.807) is 0 Å². The molecule has 0 saturated carbocycles. The molecule has 0 bridgehead atoms. The predicted octanol–water partition coefficient (Wildman–Crippen LogP) is 7.72. The quantitative estimate of drug-likeness (QED) is 0.156. The maximum atomic E-state index is 6.61. The summed E-state index contributed by atoms with van der Waals surface area (Å²) in [5.41, 5.74) is 3.31. The molecule has 1 aliphatic rings. The van der Waals surface area contributed by atoms with Crippen molar-refractivity contribution in [3.63, 3.8) is 0 Å². The Kier molecular flexibility index (Phi) is 9.55. The van der Waals surface area contributed by atoms with Gasteiger partial charge >= 0.3 is 0 Å². The number of fused-ring (bicyclic) bond motifs is 1. The van der Waals surface area contributed by atoms with E-state index in [0.29, 0.717) is 32.8 Å². The Morgan fingerprint density at radius 1 is 0.571 bits per heavy atom. The van der Waals surface area contributed by atoms with Crippen LogP contribution in [0.25, 0.3) is 10.8 Å². The van der Waals surface area contributed by atoms with Crippen LogP contribution in [0.2, 0.25) is 0 Å². The van der Waals surface area contributed by atoms with Gasteiger partial charge in [-0.2, -0.15) is 0 Å². The van der Waals surface area contributed by atoms with Crippen LogP contribution < -0.4 is 4.74 Å². The van der Waals surface area contributed by atoms with E-state index < -0.39 is 12.4 Å². The third-order valence-electron chi connectivity index (χ3n) is 7.48. The standard InChI is InChI=1S/C37H36O5/c1-4-13-28(14-5-1)24-38-27-35-37(40-26-30-17-8-3-9-18-30)34(39-25-29-15-6-2-7-16-29)23-36(42-35)41-33-22-12-20-31-19-10-11-21-32(31)33/h1-22,34-37H,23-27H2/t34-,35?,36-,37?/m1/s1. The molecule has 5 nitrogen and oxygen atoms in total. The molecule has 1 fully saturated rings. The summed E-state index contributed by atoms with van der Waals surface area (Å²) in [6, 6.07) is 44.9. The molecular formula is C37H36O5. The molecule has 42 heavy (non-hydrogen) atoms. The smallest absolute Gasteiger partial charge is 0.202 e. The van der Waals surface area contributed by atoms with Gasteiger partial charge in [-0.1, -0.05) is 127 Å². The maximum absolute atomic E-state index is 6.61. The van der Waals surface area contributed by atoms with Gasteiger partial charge in [-0.05, 0) is 28.1 Å². The van der Waals surface area contributed by atoms with Gasteiger partial charge in [0, 0.05) is 11.8 Å². The molecule has 0 radical (unpaired) electrons. The Morgan fingerprint density at radius 3 is 1.83 bits per heavy atom. The molecule has 214 valence electrons. The molecule has 0 aromatic heterocycles. The van der Waals surface area contributed by atoms with E-state index in [4.69, 9.17) is 23.7 Å². The van der Waals surface area contributed by atoms with Crippen molar-refractivity contribution < 1.29 is 23.7 Å². The van der Waals surface area contributed by atoms with Crippen LogP contribution in [0.3, 0.4) is 0 Å². The zero-order chi connectivity index (χ0) is 28.4. The highest BCUT2D eigenvalue weighted by Crippen LogP contribution is 2.32. The largest absolute Gasteiger partial charge is 0.464 e. The SMILES string of the molecule is c1ccc(COCC2O[C@@H](Oc3cccc4ccccc34)C[C@@H](OCc3ccccc3)C2OCc2ccccc2)cc1. The van der Waals surface area contributed by atoms with E-state index in [9.17, 15) is 0 Å². The summed E-state index contributed by atoms with van der Waals surface area (Å²) in [6.07, 6.45) is -1.03. The molecule has 5 aromatic carbocycles. The first-order valence-corrected chi connectivity index (χ1v) is 14.5. The van der Waals surface area contributed by atoms with Gasteiger partial charge < -0.3 is 23.7 Å². The van der Waals surface area contributed by atoms with Crippen LogP contribution in [0.1, 0.15) is 23.1 Å². The van der Waals surface area contributed by atoms with Gasteiger partial charge in [0.15, 0.2) is 0 Å². The lowest BCUT2D eigenvalue weighted by Gasteiger charge is -2.41. The van der Waals surface area contributed by atoms with E-state index in [1.165, 1.54) is 0 Å². The molecule has 1 saturated heterocycles. The molecule has 4 atom stereocenters. The lowest BCUT2D eigenvalue weighted by Crippen LogP contribution is -2.53. The number of hydrogen-bond acceptors (Lipinski definition) is 5. The first kappa shape index (κ1) is 28.1. The van der Waals surface area contributed by atoms with Gasteiger partial charge in [-0.3, -0.25) is 0 Å². The Balaban J connectivity index is 1.24. The molecule has 5 heteroatoms. The van der Waals surface area contributed by atoms with E-state index in [-0.39, 0.29) is 12.2 Å². The topological polar surface area (TPSA) is 46.2 Å². The summed E-state index contributed by atoms with van der Waals surface area (Å²) in [6.45, 7) is 1.74. The van der Waals surface area contributed by atoms with Crippen LogP contribution in [0.5, 0.6) is 5.75 Å². The average Bonchev–Trinajstić information content (AvgIpc) is 3.05. The van der Waals surface area contributed by atoms with Gasteiger partial charge in [-0.25, -0.2) is 0 Å². The fourth-order valence-electron chi connectivity index (χ4n) is 5.33. The zero-order valence-electron chi connectivity index (χ0n) is 23.6. The van der Waals surface area contributed by atoms with Crippen LogP contribution in [0, 0.1) is 0 Å². The lowest BCUT2D eigenvalue weighted by molar-refractivity contribution is -0.257. The molecule has 2 unspecified atom stereocenters. The third-order valence-corrected chi connectivity index (χ3v) is 7.48. The Bertz CT molecular complexity index is 1500. The molecule has 1 heterocycles. The van der Waals surface area contributed by atoms with Crippen molar-refractivity contribution in [3.8, 4) is 5.75 Å². The average molecular weight is 561 g/mol. The van der Waals surface area contributed by atoms with Crippen LogP contribution in [-0.2, 0) is 38.8 Å². The summed E-state index contributed by atoms with van der Waals surface area (Å²) < 4.78 is 32.5. The van der Waals surface area contributed by atoms with Crippen LogP contribution >= 0.6 is 0 Å². The van der Waals surface area contributed by atoms with Crippen molar-refractivity contribution in [2.24, 2.45) is 0 Å². The van der Waals surface area contributed by atoms with Gasteiger partial charge in [0.2, 0.25) is 6.29 Å². The minimum absolute atomic E-state index is 0.270. The fraction of sp³-hybridized carbons (Fsp3) is 0.243. The molecule has 0 spiro atoms. The monoisotopic (exact) mass is 560 g/mol. The summed E-state index contributed by atoms with van der Waals surface area (Å²) in [4.78, 5) is 0. The summed E-state index contributed by atoms with van der Waals surface area (Å²) in [5, 5.41) is 2.17. The van der Waals surface area contributed by atoms with Crippen LogP contribution in [0.15, 0.2) is 133 Å². The number of rotatable bonds is 12. The first-order chi connectivity index (χ1) is 20.8. The Morgan fingerprint density at radius 2 is 1.14 bits per heavy atom. The van der Waals surface area contributed by atoms with Crippen molar-refractivity contribution >= 4 is 10.8 Å². The summed E-state index contributed by atoms with van der Waals surface area (Å²) >= 11 is 0. The third kappa shape index (κ3) is 7.44. The zero-order valence-corrected chi connectivity index (χ0v) is 23.6. The molecule has 0 N–H and O–H groups in total. The fourth-order valence-corrected chi connectivity index (χ4v) is 5.33. The van der Waals surface area contributed by atoms with Crippen molar-refractivity contribution in [3.05, 3.63) is 150 Å². The molecular weight excluding hydrogens is 524 g/mol. The highest BCUT2D eigenvalue weighted by Gasteiger charge is 2.42. The van der Waals surface area contributed by atoms with Crippen molar-refractivity contribution in [1.29, 1.82) is 0 Å². The first-order valence-electron chi connectivity index (χ1n) is 14.5. The normalized spacial score (nSPS) is 20.4. The minimum atomic E-state index is -0.529. The second-order valence-electron chi connectivity index (χ2n) is 10.5. The molecule has 1 aliphatic heterocycles. The second-order valence-corrected chi connectivity index (χ2v) is 10.5. The van der Waals surface area contributed by atoms with Gasteiger partial charge in [0.1, 0.15) is 18.0 Å². The number of benzene rings is 5. The highest BCUT2D eigenvalue weighted by molar-refractivity contribution is 5.88. The van der Waals surface area contributed by atoms with Crippen molar-refractivity contribution in [2.75, 3.05) is 6.61 Å². The molecule has 6 rings (SSSR count). The molecule has 0 aliphatic carbocycles. The number of hydrogen-bond donors (Lipinski definition) is 0. The Hall–Kier alpha value is -4.00. The van der Waals surface area contributed by atoms with E-state index in [0.717, 1.165) is 33.2 Å². The van der Waals surface area contributed by atoms with Crippen molar-refractivity contribution in [2.45, 2.75) is 50.8 Å². The van der Waals surface area contributed by atoms with Gasteiger partial charge in [-0.15, -0.1) is 0 Å². The second kappa shape index (κ2) is 14.3. The van der Waals surface area contributed by atoms with E-state index >= 15 is 0 Å². The van der Waals surface area contributed by atoms with Gasteiger partial charge in [0.25, 0.3) is 0 Å². The number of ether oxygens (including phenoxy) is 5. The predicted molar refractivity (Wildman–Crippen MR) is 164 cm³/mol. The maximum Gasteiger partial charge on any atom is 0.202 e. The van der Waals surface area contributed by atoms with Gasteiger partial charge in [0.05, 0.1) is 32.5 Å². The molecule has 0 amide bonds. The highest BCUT2D eigenvalue weighted by atomic mass is 16.7. The van der Waals surface area contributed by atoms with Crippen LogP contribution in [-0.4, -0.2) is 31.2 Å².